The lowest BCUT2D eigenvalue weighted by Crippen LogP contribution is -2.54. The molecule has 0 aliphatic heterocycles. The third-order valence-electron chi connectivity index (χ3n) is 1.28. The number of nitrogens with zero attached hydrogens (tertiary/aromatic N) is 2. The molecular weight excluding hydrogens is 156 g/mol. The Morgan fingerprint density at radius 1 is 1.67 bits per heavy atom. The van der Waals surface area contributed by atoms with Crippen LogP contribution in [0.1, 0.15) is 6.92 Å². The average Bonchev–Trinajstić information content (AvgIpc) is 2.04. The highest BCUT2D eigenvalue weighted by Crippen LogP contribution is 1.93. The second kappa shape index (κ2) is 3.92. The smallest absolute Gasteiger partial charge is 0.193 e. The first-order chi connectivity index (χ1) is 5.44. The quantitative estimate of drug-likeness (QED) is 0.227. The molecule has 6 heteroatoms. The zero-order chi connectivity index (χ0) is 9.78. The van der Waals surface area contributed by atoms with Gasteiger partial charge in [-0.15, -0.1) is 0 Å². The predicted molar refractivity (Wildman–Crippen MR) is 46.6 cm³/mol. The van der Waals surface area contributed by atoms with Crippen molar-refractivity contribution in [2.24, 2.45) is 22.2 Å². The first-order valence-corrected chi connectivity index (χ1v) is 3.26. The summed E-state index contributed by atoms with van der Waals surface area (Å²) in [5.41, 5.74) is 14.3. The molecule has 0 rings (SSSR count). The molecule has 0 radical (unpaired) electrons. The van der Waals surface area contributed by atoms with Crippen molar-refractivity contribution < 1.29 is 0 Å². The molecule has 0 saturated heterocycles. The van der Waals surface area contributed by atoms with Crippen molar-refractivity contribution >= 4 is 11.5 Å². The molecule has 0 aromatic carbocycles. The number of nitriles is 1. The zero-order valence-corrected chi connectivity index (χ0v) is 6.83. The van der Waals surface area contributed by atoms with Crippen molar-refractivity contribution in [2.45, 2.75) is 12.6 Å². The van der Waals surface area contributed by atoms with E-state index >= 15 is 0 Å². The van der Waals surface area contributed by atoms with Crippen LogP contribution >= 0.6 is 0 Å². The van der Waals surface area contributed by atoms with E-state index < -0.39 is 5.66 Å². The summed E-state index contributed by atoms with van der Waals surface area (Å²) in [5, 5.41) is 15.6. The van der Waals surface area contributed by atoms with Gasteiger partial charge in [0.25, 0.3) is 0 Å². The van der Waals surface area contributed by atoms with E-state index in [0.717, 1.165) is 0 Å². The van der Waals surface area contributed by atoms with Crippen molar-refractivity contribution in [1.29, 1.82) is 10.7 Å². The third kappa shape index (κ3) is 2.75. The number of nitrogens with two attached hydrogens (primary N) is 3. The third-order valence-corrected chi connectivity index (χ3v) is 1.28. The highest BCUT2D eigenvalue weighted by Gasteiger charge is 2.22. The van der Waals surface area contributed by atoms with Crippen molar-refractivity contribution in [2.75, 3.05) is 6.54 Å². The molecule has 0 atom stereocenters. The molecule has 0 aliphatic rings. The largest absolute Gasteiger partial charge is 0.324 e. The van der Waals surface area contributed by atoms with Crippen LogP contribution < -0.4 is 17.2 Å². The van der Waals surface area contributed by atoms with Crippen LogP contribution in [0.5, 0.6) is 0 Å². The van der Waals surface area contributed by atoms with Crippen LogP contribution in [-0.2, 0) is 0 Å². The minimum atomic E-state index is -1.61. The summed E-state index contributed by atoms with van der Waals surface area (Å²) in [4.78, 5) is 3.64. The summed E-state index contributed by atoms with van der Waals surface area (Å²) in [6.07, 6.45) is 0. The van der Waals surface area contributed by atoms with Gasteiger partial charge in [0.2, 0.25) is 0 Å². The van der Waals surface area contributed by atoms with Gasteiger partial charge in [-0.25, -0.2) is 4.99 Å². The summed E-state index contributed by atoms with van der Waals surface area (Å²) in [6.45, 7) is 1.48. The van der Waals surface area contributed by atoms with Crippen LogP contribution in [0, 0.1) is 16.7 Å². The molecule has 0 aromatic heterocycles. The normalized spacial score (nSPS) is 12.4. The van der Waals surface area contributed by atoms with Gasteiger partial charge in [0.05, 0.1) is 12.3 Å². The Morgan fingerprint density at radius 2 is 2.17 bits per heavy atom. The SMILES string of the molecule is CC(=NC(=N)CN)C(N)(N)C#N. The second-order valence-electron chi connectivity index (χ2n) is 2.33. The monoisotopic (exact) mass is 168 g/mol. The van der Waals surface area contributed by atoms with Crippen LogP contribution in [0.4, 0.5) is 0 Å². The number of amidine groups is 1. The first kappa shape index (κ1) is 10.7. The number of nitrogens with one attached hydrogen (secondary N) is 1. The van der Waals surface area contributed by atoms with Gasteiger partial charge in [-0.1, -0.05) is 0 Å². The van der Waals surface area contributed by atoms with Gasteiger partial charge in [-0.3, -0.25) is 16.9 Å². The van der Waals surface area contributed by atoms with E-state index in [2.05, 4.69) is 4.99 Å². The van der Waals surface area contributed by atoms with Crippen LogP contribution in [-0.4, -0.2) is 23.8 Å². The van der Waals surface area contributed by atoms with E-state index in [-0.39, 0.29) is 18.1 Å². The van der Waals surface area contributed by atoms with E-state index in [1.807, 2.05) is 0 Å². The fourth-order valence-electron chi connectivity index (χ4n) is 0.421. The molecule has 12 heavy (non-hydrogen) atoms. The Labute approximate surface area is 70.6 Å². The van der Waals surface area contributed by atoms with Crippen LogP contribution in [0.15, 0.2) is 4.99 Å². The van der Waals surface area contributed by atoms with Gasteiger partial charge < -0.3 is 5.73 Å². The fourth-order valence-corrected chi connectivity index (χ4v) is 0.421. The van der Waals surface area contributed by atoms with Gasteiger partial charge in [0.15, 0.2) is 5.66 Å². The molecule has 0 amide bonds. The Bertz CT molecular complexity index is 245. The number of hydrogen-bond donors (Lipinski definition) is 4. The summed E-state index contributed by atoms with van der Waals surface area (Å²) in [5.74, 6) is -0.0528. The van der Waals surface area contributed by atoms with Crippen molar-refractivity contribution in [3.8, 4) is 6.07 Å². The minimum Gasteiger partial charge on any atom is -0.324 e. The Hall–Kier alpha value is -1.29. The molecule has 0 saturated carbocycles. The van der Waals surface area contributed by atoms with Crippen molar-refractivity contribution in [1.82, 2.24) is 0 Å². The zero-order valence-electron chi connectivity index (χ0n) is 6.83. The number of rotatable bonds is 2. The Kier molecular flexibility index (Phi) is 3.50. The Morgan fingerprint density at radius 3 is 2.50 bits per heavy atom. The first-order valence-electron chi connectivity index (χ1n) is 3.26. The van der Waals surface area contributed by atoms with Crippen LogP contribution in [0.3, 0.4) is 0 Å². The van der Waals surface area contributed by atoms with Gasteiger partial charge in [-0.2, -0.15) is 5.26 Å². The topological polar surface area (TPSA) is 138 Å². The Balaban J connectivity index is 4.61. The minimum absolute atomic E-state index is 0.00114. The molecule has 6 nitrogen and oxygen atoms in total. The summed E-state index contributed by atoms with van der Waals surface area (Å²) >= 11 is 0. The molecule has 0 bridgehead atoms. The maximum Gasteiger partial charge on any atom is 0.193 e. The van der Waals surface area contributed by atoms with Gasteiger partial charge in [-0.05, 0) is 6.92 Å². The second-order valence-corrected chi connectivity index (χ2v) is 2.33. The van der Waals surface area contributed by atoms with E-state index in [0.29, 0.717) is 0 Å². The highest BCUT2D eigenvalue weighted by molar-refractivity contribution is 6.02. The summed E-state index contributed by atoms with van der Waals surface area (Å²) in [6, 6.07) is 1.66. The number of hydrogen-bond acceptors (Lipinski definition) is 5. The molecule has 0 heterocycles. The van der Waals surface area contributed by atoms with Crippen molar-refractivity contribution in [3.63, 3.8) is 0 Å². The van der Waals surface area contributed by atoms with Crippen LogP contribution in [0.25, 0.3) is 0 Å². The van der Waals surface area contributed by atoms with Gasteiger partial charge in [0, 0.05) is 0 Å². The van der Waals surface area contributed by atoms with Crippen LogP contribution in [0.2, 0.25) is 0 Å². The standard InChI is InChI=1S/C6H12N6/c1-4(6(10,11)3-8)12-5(9)2-7/h9H,2,7,10-11H2,1H3. The molecular formula is C6H12N6. The molecule has 0 aliphatic carbocycles. The van der Waals surface area contributed by atoms with Gasteiger partial charge in [0.1, 0.15) is 11.9 Å². The van der Waals surface area contributed by atoms with Crippen molar-refractivity contribution in [3.05, 3.63) is 0 Å². The molecule has 0 unspecified atom stereocenters. The lowest BCUT2D eigenvalue weighted by atomic mass is 10.1. The van der Waals surface area contributed by atoms with Gasteiger partial charge >= 0.3 is 0 Å². The van der Waals surface area contributed by atoms with E-state index in [4.69, 9.17) is 27.9 Å². The van der Waals surface area contributed by atoms with E-state index in [1.165, 1.54) is 6.92 Å². The van der Waals surface area contributed by atoms with E-state index in [9.17, 15) is 0 Å². The number of aliphatic imine (C=N–C) groups is 1. The highest BCUT2D eigenvalue weighted by atomic mass is 15.0. The summed E-state index contributed by atoms with van der Waals surface area (Å²) < 4.78 is 0. The molecule has 0 fully saturated rings. The molecule has 0 aromatic rings. The average molecular weight is 168 g/mol. The maximum atomic E-state index is 8.47. The summed E-state index contributed by atoms with van der Waals surface area (Å²) in [7, 11) is 0. The maximum absolute atomic E-state index is 8.47. The lowest BCUT2D eigenvalue weighted by molar-refractivity contribution is 0.751. The molecule has 7 N–H and O–H groups in total. The molecule has 66 valence electrons. The predicted octanol–water partition coefficient (Wildman–Crippen LogP) is -1.48. The van der Waals surface area contributed by atoms with E-state index in [1.54, 1.807) is 6.07 Å². The lowest BCUT2D eigenvalue weighted by Gasteiger charge is -2.14. The molecule has 0 spiro atoms. The fraction of sp³-hybridized carbons (Fsp3) is 0.500.